The standard InChI is InChI=1S/C13H13N5O/c1-18(10-6-3-2-4-7-10)9-5-8-11-12(19)15-13(14)17-16-11/h2-4,6-7H,9H2,1H3,(H3,14,15,17,19). The smallest absolute Gasteiger partial charge is 0.287 e. The highest BCUT2D eigenvalue weighted by atomic mass is 16.1. The quantitative estimate of drug-likeness (QED) is 0.750. The fourth-order valence-corrected chi connectivity index (χ4v) is 1.45. The molecule has 3 N–H and O–H groups in total. The van der Waals surface area contributed by atoms with Gasteiger partial charge in [0.05, 0.1) is 6.54 Å². The lowest BCUT2D eigenvalue weighted by atomic mass is 10.3. The van der Waals surface area contributed by atoms with Crippen molar-refractivity contribution in [1.82, 2.24) is 15.2 Å². The van der Waals surface area contributed by atoms with Crippen molar-refractivity contribution in [3.8, 4) is 11.8 Å². The molecule has 0 fully saturated rings. The third kappa shape index (κ3) is 3.33. The van der Waals surface area contributed by atoms with E-state index in [4.69, 9.17) is 5.73 Å². The topological polar surface area (TPSA) is 87.9 Å². The van der Waals surface area contributed by atoms with Gasteiger partial charge in [0.15, 0.2) is 0 Å². The monoisotopic (exact) mass is 255 g/mol. The maximum atomic E-state index is 11.4. The van der Waals surface area contributed by atoms with Gasteiger partial charge >= 0.3 is 0 Å². The lowest BCUT2D eigenvalue weighted by molar-refractivity contribution is 0.943. The number of aromatic nitrogens is 3. The first kappa shape index (κ1) is 12.6. The number of nitrogen functional groups attached to an aromatic ring is 1. The molecule has 0 aliphatic rings. The Bertz CT molecular complexity index is 669. The summed E-state index contributed by atoms with van der Waals surface area (Å²) in [5.41, 5.74) is 5.98. The zero-order valence-corrected chi connectivity index (χ0v) is 10.4. The number of H-pyrrole nitrogens is 1. The van der Waals surface area contributed by atoms with E-state index in [2.05, 4.69) is 27.0 Å². The van der Waals surface area contributed by atoms with Crippen LogP contribution in [0.1, 0.15) is 5.69 Å². The predicted octanol–water partition coefficient (Wildman–Crippen LogP) is 0.235. The van der Waals surface area contributed by atoms with Crippen LogP contribution in [0.2, 0.25) is 0 Å². The van der Waals surface area contributed by atoms with E-state index in [-0.39, 0.29) is 11.6 Å². The van der Waals surface area contributed by atoms with Crippen LogP contribution in [-0.2, 0) is 0 Å². The van der Waals surface area contributed by atoms with Crippen LogP contribution in [0.25, 0.3) is 0 Å². The van der Waals surface area contributed by atoms with Crippen LogP contribution in [0.5, 0.6) is 0 Å². The van der Waals surface area contributed by atoms with Crippen molar-refractivity contribution < 1.29 is 0 Å². The highest BCUT2D eigenvalue weighted by Crippen LogP contribution is 2.09. The van der Waals surface area contributed by atoms with Gasteiger partial charge in [-0.1, -0.05) is 24.1 Å². The van der Waals surface area contributed by atoms with Crippen LogP contribution in [-0.4, -0.2) is 28.8 Å². The van der Waals surface area contributed by atoms with E-state index in [1.54, 1.807) is 0 Å². The summed E-state index contributed by atoms with van der Waals surface area (Å²) in [7, 11) is 1.92. The zero-order valence-electron chi connectivity index (χ0n) is 10.4. The molecule has 1 aromatic carbocycles. The molecule has 0 radical (unpaired) electrons. The molecule has 0 saturated heterocycles. The summed E-state index contributed by atoms with van der Waals surface area (Å²) in [6.45, 7) is 0.482. The van der Waals surface area contributed by atoms with Gasteiger partial charge in [-0.2, -0.15) is 0 Å². The molecule has 0 aliphatic carbocycles. The molecule has 0 atom stereocenters. The number of hydrogen-bond donors (Lipinski definition) is 2. The molecule has 1 heterocycles. The van der Waals surface area contributed by atoms with E-state index in [9.17, 15) is 4.79 Å². The Kier molecular flexibility index (Phi) is 3.78. The molecule has 0 spiro atoms. The summed E-state index contributed by atoms with van der Waals surface area (Å²) in [6, 6.07) is 9.83. The molecule has 2 aromatic rings. The molecule has 0 unspecified atom stereocenters. The van der Waals surface area contributed by atoms with Crippen molar-refractivity contribution in [2.24, 2.45) is 0 Å². The Labute approximate surface area is 110 Å². The molecule has 2 rings (SSSR count). The van der Waals surface area contributed by atoms with E-state index >= 15 is 0 Å². The molecule has 6 nitrogen and oxygen atoms in total. The summed E-state index contributed by atoms with van der Waals surface area (Å²) in [5, 5.41) is 7.19. The molecule has 0 amide bonds. The fraction of sp³-hybridized carbons (Fsp3) is 0.154. The van der Waals surface area contributed by atoms with Crippen molar-refractivity contribution in [1.29, 1.82) is 0 Å². The Morgan fingerprint density at radius 3 is 2.74 bits per heavy atom. The van der Waals surface area contributed by atoms with Crippen LogP contribution in [0.4, 0.5) is 11.6 Å². The summed E-state index contributed by atoms with van der Waals surface area (Å²) in [5.74, 6) is 5.53. The third-order valence-electron chi connectivity index (χ3n) is 2.43. The maximum Gasteiger partial charge on any atom is 0.287 e. The second-order valence-corrected chi connectivity index (χ2v) is 3.88. The number of aromatic amines is 1. The van der Waals surface area contributed by atoms with Gasteiger partial charge in [-0.25, -0.2) is 0 Å². The van der Waals surface area contributed by atoms with Crippen molar-refractivity contribution in [3.63, 3.8) is 0 Å². The van der Waals surface area contributed by atoms with Gasteiger partial charge in [-0.15, -0.1) is 10.2 Å². The molecule has 1 aromatic heterocycles. The van der Waals surface area contributed by atoms with Crippen molar-refractivity contribution in [3.05, 3.63) is 46.4 Å². The first-order valence-electron chi connectivity index (χ1n) is 5.64. The second kappa shape index (κ2) is 5.69. The first-order chi connectivity index (χ1) is 9.16. The van der Waals surface area contributed by atoms with Gasteiger partial charge in [0.2, 0.25) is 11.6 Å². The van der Waals surface area contributed by atoms with E-state index in [1.165, 1.54) is 0 Å². The zero-order chi connectivity index (χ0) is 13.7. The van der Waals surface area contributed by atoms with E-state index in [1.807, 2.05) is 42.3 Å². The molecule has 0 aliphatic heterocycles. The van der Waals surface area contributed by atoms with Crippen LogP contribution in [0.3, 0.4) is 0 Å². The summed E-state index contributed by atoms with van der Waals surface area (Å²) >= 11 is 0. The first-order valence-corrected chi connectivity index (χ1v) is 5.64. The third-order valence-corrected chi connectivity index (χ3v) is 2.43. The number of rotatable bonds is 2. The van der Waals surface area contributed by atoms with Crippen LogP contribution >= 0.6 is 0 Å². The lowest BCUT2D eigenvalue weighted by Gasteiger charge is -2.15. The molecule has 0 bridgehead atoms. The number of benzene rings is 1. The van der Waals surface area contributed by atoms with Crippen molar-refractivity contribution in [2.75, 3.05) is 24.2 Å². The Morgan fingerprint density at radius 1 is 1.32 bits per heavy atom. The minimum Gasteiger partial charge on any atom is -0.368 e. The van der Waals surface area contributed by atoms with Gasteiger partial charge in [0.25, 0.3) is 5.56 Å². The molecule has 19 heavy (non-hydrogen) atoms. The van der Waals surface area contributed by atoms with Crippen LogP contribution in [0, 0.1) is 11.8 Å². The summed E-state index contributed by atoms with van der Waals surface area (Å²) < 4.78 is 0. The average Bonchev–Trinajstić information content (AvgIpc) is 2.42. The molecule has 0 saturated carbocycles. The second-order valence-electron chi connectivity index (χ2n) is 3.88. The summed E-state index contributed by atoms with van der Waals surface area (Å²) in [4.78, 5) is 15.7. The lowest BCUT2D eigenvalue weighted by Crippen LogP contribution is -2.18. The van der Waals surface area contributed by atoms with Crippen LogP contribution < -0.4 is 16.2 Å². The Hall–Kier alpha value is -2.81. The van der Waals surface area contributed by atoms with Gasteiger partial charge in [-0.3, -0.25) is 9.78 Å². The number of nitrogens with one attached hydrogen (secondary N) is 1. The molecular weight excluding hydrogens is 242 g/mol. The SMILES string of the molecule is CN(CC#Cc1nnc(N)[nH]c1=O)c1ccccc1. The van der Waals surface area contributed by atoms with E-state index in [0.717, 1.165) is 5.69 Å². The van der Waals surface area contributed by atoms with Gasteiger partial charge in [0.1, 0.15) is 0 Å². The number of nitrogens with zero attached hydrogens (tertiary/aromatic N) is 3. The van der Waals surface area contributed by atoms with Crippen molar-refractivity contribution >= 4 is 11.6 Å². The van der Waals surface area contributed by atoms with E-state index < -0.39 is 5.56 Å². The normalized spacial score (nSPS) is 9.53. The van der Waals surface area contributed by atoms with Gasteiger partial charge in [-0.05, 0) is 18.1 Å². The molecule has 96 valence electrons. The Morgan fingerprint density at radius 2 is 2.05 bits per heavy atom. The van der Waals surface area contributed by atoms with Gasteiger partial charge in [0, 0.05) is 12.7 Å². The number of para-hydroxylation sites is 1. The largest absolute Gasteiger partial charge is 0.368 e. The highest BCUT2D eigenvalue weighted by Gasteiger charge is 1.99. The molecule has 6 heteroatoms. The van der Waals surface area contributed by atoms with E-state index in [0.29, 0.717) is 6.54 Å². The maximum absolute atomic E-state index is 11.4. The number of hydrogen-bond acceptors (Lipinski definition) is 5. The highest BCUT2D eigenvalue weighted by molar-refractivity contribution is 5.46. The van der Waals surface area contributed by atoms with Gasteiger partial charge < -0.3 is 10.6 Å². The minimum absolute atomic E-state index is 0.0167. The fourth-order valence-electron chi connectivity index (χ4n) is 1.45. The molecular formula is C13H13N5O. The summed E-state index contributed by atoms with van der Waals surface area (Å²) in [6.07, 6.45) is 0. The van der Waals surface area contributed by atoms with Crippen molar-refractivity contribution in [2.45, 2.75) is 0 Å². The predicted molar refractivity (Wildman–Crippen MR) is 73.7 cm³/mol. The number of nitrogens with two attached hydrogens (primary N) is 1. The number of anilines is 2. The minimum atomic E-state index is -0.428. The Balaban J connectivity index is 2.07. The average molecular weight is 255 g/mol. The van der Waals surface area contributed by atoms with Crippen LogP contribution in [0.15, 0.2) is 35.1 Å².